The summed E-state index contributed by atoms with van der Waals surface area (Å²) in [6.07, 6.45) is 5.88. The van der Waals surface area contributed by atoms with Crippen LogP contribution in [0.2, 0.25) is 5.02 Å². The number of hydrogen-bond donors (Lipinski definition) is 1. The van der Waals surface area contributed by atoms with E-state index in [1.165, 1.54) is 0 Å². The molecule has 1 heterocycles. The van der Waals surface area contributed by atoms with Gasteiger partial charge >= 0.3 is 0 Å². The number of anilines is 1. The van der Waals surface area contributed by atoms with Crippen LogP contribution in [0.25, 0.3) is 10.9 Å². The molecule has 0 aliphatic rings. The molecule has 0 saturated carbocycles. The maximum Gasteiger partial charge on any atom is 0.0890 e. The van der Waals surface area contributed by atoms with Gasteiger partial charge in [-0.2, -0.15) is 10.4 Å². The predicted molar refractivity (Wildman–Crippen MR) is 111 cm³/mol. The quantitative estimate of drug-likeness (QED) is 0.520. The highest BCUT2D eigenvalue weighted by molar-refractivity contribution is 7.99. The molecule has 3 rings (SSSR count). The maximum atomic E-state index is 9.23. The van der Waals surface area contributed by atoms with E-state index in [4.69, 9.17) is 16.7 Å². The first-order valence-corrected chi connectivity index (χ1v) is 10.2. The third kappa shape index (κ3) is 3.27. The molecular weight excluding hydrogens is 364 g/mol. The van der Waals surface area contributed by atoms with Crippen LogP contribution in [0.5, 0.6) is 0 Å². The molecule has 0 amide bonds. The van der Waals surface area contributed by atoms with Crippen molar-refractivity contribution in [1.82, 2.24) is 9.78 Å². The van der Waals surface area contributed by atoms with Gasteiger partial charge < -0.3 is 4.72 Å². The Morgan fingerprint density at radius 2 is 2.04 bits per heavy atom. The largest absolute Gasteiger partial charge is 0.329 e. The average Bonchev–Trinajstić information content (AvgIpc) is 3.10. The second-order valence-electron chi connectivity index (χ2n) is 6.15. The molecule has 1 N–H and O–H groups in total. The standard InChI is InChI=1S/C20H21ClN4S/c1-3-20(12-5-13-22,15-8-10-16(21)11-9-15)25-19-7-4-6-18(24-26-2)17(19)14-23-25/h4,6-11,14,24H,3,5,12H2,1-2H3. The van der Waals surface area contributed by atoms with E-state index in [0.29, 0.717) is 17.9 Å². The van der Waals surface area contributed by atoms with Crippen molar-refractivity contribution in [2.24, 2.45) is 0 Å². The summed E-state index contributed by atoms with van der Waals surface area (Å²) in [6.45, 7) is 2.14. The van der Waals surface area contributed by atoms with Gasteiger partial charge in [-0.25, -0.2) is 0 Å². The van der Waals surface area contributed by atoms with Crippen molar-refractivity contribution in [2.45, 2.75) is 31.7 Å². The van der Waals surface area contributed by atoms with Gasteiger partial charge in [0.05, 0.1) is 29.0 Å². The second kappa shape index (κ2) is 8.03. The van der Waals surface area contributed by atoms with Gasteiger partial charge in [0, 0.05) is 23.1 Å². The SMILES string of the molecule is CCC(CCC#N)(c1ccc(Cl)cc1)n1ncc2c(NSC)cccc21. The first-order valence-electron chi connectivity index (χ1n) is 8.55. The fourth-order valence-electron chi connectivity index (χ4n) is 3.52. The minimum Gasteiger partial charge on any atom is -0.329 e. The van der Waals surface area contributed by atoms with Crippen molar-refractivity contribution in [3.63, 3.8) is 0 Å². The number of hydrogen-bond acceptors (Lipinski definition) is 4. The van der Waals surface area contributed by atoms with Crippen LogP contribution < -0.4 is 4.72 Å². The molecule has 0 bridgehead atoms. The van der Waals surface area contributed by atoms with Crippen LogP contribution >= 0.6 is 23.5 Å². The molecule has 3 aromatic rings. The lowest BCUT2D eigenvalue weighted by Gasteiger charge is -2.34. The molecular formula is C20H21ClN4S. The van der Waals surface area contributed by atoms with Crippen LogP contribution in [0, 0.1) is 11.3 Å². The van der Waals surface area contributed by atoms with Crippen molar-refractivity contribution in [2.75, 3.05) is 11.0 Å². The summed E-state index contributed by atoms with van der Waals surface area (Å²) in [7, 11) is 0. The van der Waals surface area contributed by atoms with E-state index >= 15 is 0 Å². The van der Waals surface area contributed by atoms with E-state index in [1.807, 2.05) is 42.8 Å². The zero-order valence-electron chi connectivity index (χ0n) is 14.9. The van der Waals surface area contributed by atoms with E-state index in [1.54, 1.807) is 11.9 Å². The zero-order valence-corrected chi connectivity index (χ0v) is 16.4. The number of aromatic nitrogens is 2. The molecule has 0 fully saturated rings. The Hall–Kier alpha value is -2.16. The van der Waals surface area contributed by atoms with Gasteiger partial charge in [-0.05, 0) is 42.7 Å². The van der Waals surface area contributed by atoms with Gasteiger partial charge in [-0.15, -0.1) is 0 Å². The monoisotopic (exact) mass is 384 g/mol. The second-order valence-corrected chi connectivity index (χ2v) is 7.20. The van der Waals surface area contributed by atoms with E-state index in [2.05, 4.69) is 34.5 Å². The first-order chi connectivity index (χ1) is 12.7. The van der Waals surface area contributed by atoms with Crippen LogP contribution in [0.4, 0.5) is 5.69 Å². The highest BCUT2D eigenvalue weighted by Gasteiger charge is 2.34. The maximum absolute atomic E-state index is 9.23. The van der Waals surface area contributed by atoms with E-state index in [-0.39, 0.29) is 5.54 Å². The molecule has 134 valence electrons. The van der Waals surface area contributed by atoms with Crippen LogP contribution in [-0.2, 0) is 5.54 Å². The zero-order chi connectivity index (χ0) is 18.6. The van der Waals surface area contributed by atoms with Crippen molar-refractivity contribution in [1.29, 1.82) is 5.26 Å². The summed E-state index contributed by atoms with van der Waals surface area (Å²) < 4.78 is 5.40. The lowest BCUT2D eigenvalue weighted by atomic mass is 9.83. The molecule has 4 nitrogen and oxygen atoms in total. The lowest BCUT2D eigenvalue weighted by Crippen LogP contribution is -2.35. The molecule has 0 saturated heterocycles. The molecule has 6 heteroatoms. The minimum atomic E-state index is -0.389. The number of nitrogens with zero attached hydrogens (tertiary/aromatic N) is 3. The summed E-state index contributed by atoms with van der Waals surface area (Å²) >= 11 is 7.66. The van der Waals surface area contributed by atoms with Gasteiger partial charge in [0.1, 0.15) is 0 Å². The number of rotatable bonds is 7. The highest BCUT2D eigenvalue weighted by Crippen LogP contribution is 2.38. The van der Waals surface area contributed by atoms with Crippen molar-refractivity contribution >= 4 is 40.1 Å². The van der Waals surface area contributed by atoms with Crippen LogP contribution in [0.3, 0.4) is 0 Å². The minimum absolute atomic E-state index is 0.389. The fourth-order valence-corrected chi connectivity index (χ4v) is 4.04. The van der Waals surface area contributed by atoms with Crippen molar-refractivity contribution < 1.29 is 0 Å². The smallest absolute Gasteiger partial charge is 0.0890 e. The summed E-state index contributed by atoms with van der Waals surface area (Å²) in [4.78, 5) is 0. The Labute approximate surface area is 163 Å². The Kier molecular flexibility index (Phi) is 5.75. The normalized spacial score (nSPS) is 13.3. The van der Waals surface area contributed by atoms with Gasteiger partial charge in [0.25, 0.3) is 0 Å². The summed E-state index contributed by atoms with van der Waals surface area (Å²) in [5.74, 6) is 0. The molecule has 1 atom stereocenters. The highest BCUT2D eigenvalue weighted by atomic mass is 35.5. The van der Waals surface area contributed by atoms with E-state index < -0.39 is 0 Å². The third-order valence-corrected chi connectivity index (χ3v) is 5.52. The molecule has 0 aliphatic heterocycles. The van der Waals surface area contributed by atoms with Crippen LogP contribution in [0.15, 0.2) is 48.7 Å². The van der Waals surface area contributed by atoms with E-state index in [9.17, 15) is 5.26 Å². The number of benzene rings is 2. The third-order valence-electron chi connectivity index (χ3n) is 4.85. The average molecular weight is 385 g/mol. The summed E-state index contributed by atoms with van der Waals surface area (Å²) in [6, 6.07) is 16.4. The molecule has 2 aromatic carbocycles. The van der Waals surface area contributed by atoms with Gasteiger partial charge in [0.15, 0.2) is 0 Å². The van der Waals surface area contributed by atoms with Crippen molar-refractivity contribution in [3.8, 4) is 6.07 Å². The molecule has 1 aromatic heterocycles. The van der Waals surface area contributed by atoms with Crippen LogP contribution in [0.1, 0.15) is 31.7 Å². The molecule has 0 aliphatic carbocycles. The topological polar surface area (TPSA) is 53.6 Å². The van der Waals surface area contributed by atoms with Gasteiger partial charge in [0.2, 0.25) is 0 Å². The summed E-state index contributed by atoms with van der Waals surface area (Å²) in [5, 5.41) is 15.8. The molecule has 0 spiro atoms. The number of fused-ring (bicyclic) bond motifs is 1. The summed E-state index contributed by atoms with van der Waals surface area (Å²) in [5.41, 5.74) is 2.83. The van der Waals surface area contributed by atoms with Gasteiger partial charge in [-0.3, -0.25) is 4.68 Å². The Morgan fingerprint density at radius 3 is 2.69 bits per heavy atom. The predicted octanol–water partition coefficient (Wildman–Crippen LogP) is 5.84. The number of nitriles is 1. The fraction of sp³-hybridized carbons (Fsp3) is 0.300. The number of nitrogens with one attached hydrogen (secondary N) is 1. The molecule has 0 radical (unpaired) electrons. The first kappa shape index (κ1) is 18.6. The van der Waals surface area contributed by atoms with Crippen LogP contribution in [-0.4, -0.2) is 16.0 Å². The molecule has 1 unspecified atom stereocenters. The lowest BCUT2D eigenvalue weighted by molar-refractivity contribution is 0.298. The number of halogens is 1. The van der Waals surface area contributed by atoms with Gasteiger partial charge in [-0.1, -0.05) is 48.7 Å². The Bertz CT molecular complexity index is 929. The Morgan fingerprint density at radius 1 is 1.27 bits per heavy atom. The Balaban J connectivity index is 2.22. The van der Waals surface area contributed by atoms with Crippen molar-refractivity contribution in [3.05, 3.63) is 59.2 Å². The molecule has 26 heavy (non-hydrogen) atoms. The van der Waals surface area contributed by atoms with E-state index in [0.717, 1.165) is 28.6 Å².